The van der Waals surface area contributed by atoms with E-state index in [9.17, 15) is 15.2 Å². The predicted molar refractivity (Wildman–Crippen MR) is 81.6 cm³/mol. The number of aromatic hydroxyl groups is 1. The van der Waals surface area contributed by atoms with E-state index < -0.39 is 4.92 Å². The summed E-state index contributed by atoms with van der Waals surface area (Å²) in [6.07, 6.45) is 1.34. The molecule has 0 aromatic heterocycles. The van der Waals surface area contributed by atoms with Gasteiger partial charge in [-0.25, -0.2) is 0 Å². The van der Waals surface area contributed by atoms with Crippen LogP contribution >= 0.6 is 0 Å². The molecule has 0 aliphatic rings. The lowest BCUT2D eigenvalue weighted by molar-refractivity contribution is -0.384. The van der Waals surface area contributed by atoms with Gasteiger partial charge in [0, 0.05) is 42.1 Å². The Labute approximate surface area is 126 Å². The molecule has 0 saturated carbocycles. The van der Waals surface area contributed by atoms with Gasteiger partial charge in [-0.2, -0.15) is 0 Å². The molecule has 0 spiro atoms. The average Bonchev–Trinajstić information content (AvgIpc) is 2.53. The molecular formula is C15H14N2O5. The molecule has 7 nitrogen and oxygen atoms in total. The lowest BCUT2D eigenvalue weighted by atomic mass is 10.2. The number of aliphatic imine (C=N–C) groups is 1. The number of ether oxygens (including phenoxy) is 2. The molecule has 0 atom stereocenters. The fraction of sp³-hybridized carbons (Fsp3) is 0.133. The Bertz CT molecular complexity index is 706. The number of phenols is 1. The van der Waals surface area contributed by atoms with Crippen molar-refractivity contribution in [2.24, 2.45) is 4.99 Å². The quantitative estimate of drug-likeness (QED) is 0.520. The lowest BCUT2D eigenvalue weighted by Crippen LogP contribution is -1.90. The zero-order valence-corrected chi connectivity index (χ0v) is 12.0. The van der Waals surface area contributed by atoms with Gasteiger partial charge in [0.2, 0.25) is 0 Å². The predicted octanol–water partition coefficient (Wildman–Crippen LogP) is 3.07. The number of methoxy groups -OCH3 is 2. The normalized spacial score (nSPS) is 10.6. The van der Waals surface area contributed by atoms with Crippen molar-refractivity contribution in [1.82, 2.24) is 0 Å². The first kappa shape index (κ1) is 15.3. The van der Waals surface area contributed by atoms with E-state index in [4.69, 9.17) is 9.47 Å². The van der Waals surface area contributed by atoms with Crippen molar-refractivity contribution in [1.29, 1.82) is 0 Å². The Morgan fingerprint density at radius 3 is 2.32 bits per heavy atom. The average molecular weight is 302 g/mol. The van der Waals surface area contributed by atoms with Crippen LogP contribution in [0.4, 0.5) is 11.4 Å². The smallest absolute Gasteiger partial charge is 0.270 e. The minimum Gasteiger partial charge on any atom is -0.507 e. The Balaban J connectivity index is 2.36. The highest BCUT2D eigenvalue weighted by Gasteiger charge is 2.09. The second kappa shape index (κ2) is 6.57. The summed E-state index contributed by atoms with van der Waals surface area (Å²) in [6, 6.07) is 8.77. The first-order valence-electron chi connectivity index (χ1n) is 6.28. The Hall–Kier alpha value is -3.09. The van der Waals surface area contributed by atoms with Gasteiger partial charge in [-0.3, -0.25) is 15.1 Å². The van der Waals surface area contributed by atoms with Gasteiger partial charge in [-0.15, -0.1) is 0 Å². The van der Waals surface area contributed by atoms with Crippen LogP contribution in [0.1, 0.15) is 5.56 Å². The third-order valence-electron chi connectivity index (χ3n) is 2.91. The topological polar surface area (TPSA) is 94.2 Å². The fourth-order valence-electron chi connectivity index (χ4n) is 1.77. The molecule has 0 radical (unpaired) electrons. The van der Waals surface area contributed by atoms with Gasteiger partial charge in [0.05, 0.1) is 24.8 Å². The molecule has 0 heterocycles. The number of nitro benzene ring substituents is 1. The van der Waals surface area contributed by atoms with Crippen molar-refractivity contribution in [3.8, 4) is 17.2 Å². The monoisotopic (exact) mass is 302 g/mol. The summed E-state index contributed by atoms with van der Waals surface area (Å²) >= 11 is 0. The molecule has 0 unspecified atom stereocenters. The molecule has 2 aromatic carbocycles. The van der Waals surface area contributed by atoms with Crippen LogP contribution in [-0.2, 0) is 0 Å². The van der Waals surface area contributed by atoms with Crippen molar-refractivity contribution in [2.45, 2.75) is 0 Å². The van der Waals surface area contributed by atoms with E-state index in [1.807, 2.05) is 0 Å². The number of hydrogen-bond donors (Lipinski definition) is 1. The molecule has 1 N–H and O–H groups in total. The van der Waals surface area contributed by atoms with Crippen LogP contribution in [0.5, 0.6) is 17.2 Å². The minimum atomic E-state index is -0.536. The third kappa shape index (κ3) is 3.51. The number of nitrogens with zero attached hydrogens (tertiary/aromatic N) is 2. The van der Waals surface area contributed by atoms with Crippen molar-refractivity contribution in [3.05, 3.63) is 52.1 Å². The Kier molecular flexibility index (Phi) is 4.57. The molecule has 0 fully saturated rings. The molecule has 114 valence electrons. The molecule has 0 aliphatic heterocycles. The van der Waals surface area contributed by atoms with E-state index >= 15 is 0 Å². The van der Waals surface area contributed by atoms with Crippen LogP contribution in [0.2, 0.25) is 0 Å². The molecule has 7 heteroatoms. The number of non-ortho nitro benzene ring substituents is 1. The Morgan fingerprint density at radius 2 is 1.77 bits per heavy atom. The van der Waals surface area contributed by atoms with E-state index in [1.165, 1.54) is 38.6 Å². The maximum absolute atomic E-state index is 10.8. The van der Waals surface area contributed by atoms with Crippen molar-refractivity contribution >= 4 is 17.6 Å². The second-order valence-corrected chi connectivity index (χ2v) is 4.33. The number of phenolic OH excluding ortho intramolecular Hbond substituents is 1. The van der Waals surface area contributed by atoms with Crippen LogP contribution in [0.15, 0.2) is 41.4 Å². The number of hydrogen-bond acceptors (Lipinski definition) is 6. The van der Waals surface area contributed by atoms with E-state index in [-0.39, 0.29) is 17.0 Å². The molecule has 0 bridgehead atoms. The van der Waals surface area contributed by atoms with Crippen LogP contribution in [0.3, 0.4) is 0 Å². The van der Waals surface area contributed by atoms with E-state index in [0.717, 1.165) is 0 Å². The van der Waals surface area contributed by atoms with Crippen LogP contribution in [-0.4, -0.2) is 30.5 Å². The van der Waals surface area contributed by atoms with E-state index in [1.54, 1.807) is 18.2 Å². The maximum Gasteiger partial charge on any atom is 0.270 e. The molecule has 0 aliphatic carbocycles. The second-order valence-electron chi connectivity index (χ2n) is 4.33. The van der Waals surface area contributed by atoms with Gasteiger partial charge in [0.25, 0.3) is 5.69 Å². The minimum absolute atomic E-state index is 0.0933. The highest BCUT2D eigenvalue weighted by molar-refractivity contribution is 5.86. The summed E-state index contributed by atoms with van der Waals surface area (Å²) < 4.78 is 10.3. The summed E-state index contributed by atoms with van der Waals surface area (Å²) in [6.45, 7) is 0. The van der Waals surface area contributed by atoms with Gasteiger partial charge in [0.1, 0.15) is 17.2 Å². The highest BCUT2D eigenvalue weighted by Crippen LogP contribution is 2.28. The van der Waals surface area contributed by atoms with E-state index in [2.05, 4.69) is 4.99 Å². The summed E-state index contributed by atoms with van der Waals surface area (Å²) in [4.78, 5) is 14.4. The number of benzene rings is 2. The summed E-state index contributed by atoms with van der Waals surface area (Å²) in [5.74, 6) is 1.04. The van der Waals surface area contributed by atoms with Crippen LogP contribution < -0.4 is 9.47 Å². The zero-order chi connectivity index (χ0) is 16.1. The first-order valence-corrected chi connectivity index (χ1v) is 6.28. The lowest BCUT2D eigenvalue weighted by Gasteiger charge is -2.05. The Morgan fingerprint density at radius 1 is 1.14 bits per heavy atom. The molecule has 22 heavy (non-hydrogen) atoms. The molecular weight excluding hydrogens is 288 g/mol. The SMILES string of the molecule is COc1cc(N=Cc2cc([N+](=O)[O-])ccc2O)cc(OC)c1. The van der Waals surface area contributed by atoms with Crippen LogP contribution in [0.25, 0.3) is 0 Å². The van der Waals surface area contributed by atoms with Crippen molar-refractivity contribution in [3.63, 3.8) is 0 Å². The first-order chi connectivity index (χ1) is 10.5. The molecule has 2 aromatic rings. The molecule has 2 rings (SSSR count). The molecule has 0 saturated heterocycles. The highest BCUT2D eigenvalue weighted by atomic mass is 16.6. The van der Waals surface area contributed by atoms with Gasteiger partial charge in [-0.05, 0) is 6.07 Å². The number of nitro groups is 1. The zero-order valence-electron chi connectivity index (χ0n) is 12.0. The number of rotatable bonds is 5. The molecule has 0 amide bonds. The summed E-state index contributed by atoms with van der Waals surface area (Å²) in [7, 11) is 3.04. The summed E-state index contributed by atoms with van der Waals surface area (Å²) in [5, 5.41) is 20.5. The summed E-state index contributed by atoms with van der Waals surface area (Å²) in [5.41, 5.74) is 0.653. The van der Waals surface area contributed by atoms with Gasteiger partial charge < -0.3 is 14.6 Å². The van der Waals surface area contributed by atoms with Gasteiger partial charge >= 0.3 is 0 Å². The van der Waals surface area contributed by atoms with Gasteiger partial charge in [-0.1, -0.05) is 0 Å². The standard InChI is InChI=1S/C15H14N2O5/c1-21-13-6-11(7-14(8-13)22-2)16-9-10-5-12(17(19)20)3-4-15(10)18/h3-9,18H,1-2H3. The van der Waals surface area contributed by atoms with Crippen molar-refractivity contribution < 1.29 is 19.5 Å². The largest absolute Gasteiger partial charge is 0.507 e. The third-order valence-corrected chi connectivity index (χ3v) is 2.91. The van der Waals surface area contributed by atoms with Crippen molar-refractivity contribution in [2.75, 3.05) is 14.2 Å². The van der Waals surface area contributed by atoms with E-state index in [0.29, 0.717) is 17.2 Å². The van der Waals surface area contributed by atoms with Crippen LogP contribution in [0, 0.1) is 10.1 Å². The maximum atomic E-state index is 10.8. The fourth-order valence-corrected chi connectivity index (χ4v) is 1.77. The van der Waals surface area contributed by atoms with Gasteiger partial charge in [0.15, 0.2) is 0 Å².